The highest BCUT2D eigenvalue weighted by molar-refractivity contribution is 5.31. The van der Waals surface area contributed by atoms with E-state index in [2.05, 4.69) is 32.9 Å². The molecule has 0 aromatic heterocycles. The third-order valence-corrected chi connectivity index (χ3v) is 3.67. The zero-order valence-electron chi connectivity index (χ0n) is 14.4. The fraction of sp³-hybridized carbons (Fsp3) is 0.400. The largest absolute Gasteiger partial charge is 0.491 e. The van der Waals surface area contributed by atoms with Gasteiger partial charge in [0.2, 0.25) is 0 Å². The first kappa shape index (κ1) is 17.4. The van der Waals surface area contributed by atoms with Gasteiger partial charge in [-0.15, -0.1) is 0 Å². The van der Waals surface area contributed by atoms with Crippen molar-refractivity contribution in [3.8, 4) is 11.5 Å². The van der Waals surface area contributed by atoms with Crippen molar-refractivity contribution in [3.63, 3.8) is 0 Å². The van der Waals surface area contributed by atoms with Crippen LogP contribution in [0.4, 0.5) is 0 Å². The van der Waals surface area contributed by atoms with Crippen molar-refractivity contribution in [2.24, 2.45) is 0 Å². The van der Waals surface area contributed by atoms with Gasteiger partial charge in [-0.1, -0.05) is 51.1 Å². The molecule has 0 saturated heterocycles. The first-order chi connectivity index (χ1) is 11.0. The van der Waals surface area contributed by atoms with Crippen LogP contribution in [0.15, 0.2) is 54.6 Å². The lowest BCUT2D eigenvalue weighted by molar-refractivity contribution is 0.0237. The second-order valence-electron chi connectivity index (χ2n) is 6.57. The van der Waals surface area contributed by atoms with Crippen LogP contribution < -0.4 is 9.47 Å². The van der Waals surface area contributed by atoms with Crippen LogP contribution in [0.25, 0.3) is 0 Å². The molecular formula is C20H26O3. The first-order valence-electron chi connectivity index (χ1n) is 7.93. The summed E-state index contributed by atoms with van der Waals surface area (Å²) in [7, 11) is 1.67. The Morgan fingerprint density at radius 3 is 1.78 bits per heavy atom. The highest BCUT2D eigenvalue weighted by Gasteiger charge is 2.14. The maximum Gasteiger partial charge on any atom is 0.125 e. The molecule has 3 nitrogen and oxygen atoms in total. The maximum absolute atomic E-state index is 5.81. The third-order valence-electron chi connectivity index (χ3n) is 3.67. The van der Waals surface area contributed by atoms with Crippen molar-refractivity contribution in [2.45, 2.75) is 32.3 Å². The molecule has 0 amide bonds. The minimum Gasteiger partial charge on any atom is -0.491 e. The van der Waals surface area contributed by atoms with Gasteiger partial charge in [0.05, 0.1) is 0 Å². The van der Waals surface area contributed by atoms with Crippen molar-refractivity contribution in [3.05, 3.63) is 60.2 Å². The van der Waals surface area contributed by atoms with Gasteiger partial charge in [-0.3, -0.25) is 0 Å². The fourth-order valence-electron chi connectivity index (χ4n) is 2.13. The van der Waals surface area contributed by atoms with Gasteiger partial charge in [0.15, 0.2) is 0 Å². The summed E-state index contributed by atoms with van der Waals surface area (Å²) in [6, 6.07) is 17.9. The number of rotatable bonds is 7. The molecule has 0 aliphatic rings. The normalized spacial score (nSPS) is 12.7. The van der Waals surface area contributed by atoms with Crippen molar-refractivity contribution in [2.75, 3.05) is 20.3 Å². The molecule has 0 heterocycles. The molecule has 0 spiro atoms. The monoisotopic (exact) mass is 314 g/mol. The summed E-state index contributed by atoms with van der Waals surface area (Å²) in [5, 5.41) is 0. The smallest absolute Gasteiger partial charge is 0.125 e. The summed E-state index contributed by atoms with van der Waals surface area (Å²) in [5.41, 5.74) is 1.44. The van der Waals surface area contributed by atoms with E-state index < -0.39 is 0 Å². The van der Waals surface area contributed by atoms with Gasteiger partial charge in [-0.2, -0.15) is 0 Å². The average Bonchev–Trinajstić information content (AvgIpc) is 2.55. The molecule has 1 atom stereocenters. The molecule has 124 valence electrons. The Kier molecular flexibility index (Phi) is 6.05. The molecule has 0 bridgehead atoms. The van der Waals surface area contributed by atoms with E-state index in [1.807, 2.05) is 42.5 Å². The summed E-state index contributed by atoms with van der Waals surface area (Å²) in [4.78, 5) is 0. The summed E-state index contributed by atoms with van der Waals surface area (Å²) in [6.07, 6.45) is -0.113. The lowest BCUT2D eigenvalue weighted by atomic mass is 9.87. The number of hydrogen-bond acceptors (Lipinski definition) is 3. The minimum absolute atomic E-state index is 0.113. The van der Waals surface area contributed by atoms with E-state index >= 15 is 0 Å². The standard InChI is InChI=1S/C20H26O3/c1-20(2,3)16-10-12-18(13-11-16)23-15-19(21-4)14-22-17-8-6-5-7-9-17/h5-13,19H,14-15H2,1-4H3. The van der Waals surface area contributed by atoms with E-state index in [4.69, 9.17) is 14.2 Å². The predicted molar refractivity (Wildman–Crippen MR) is 93.4 cm³/mol. The van der Waals surface area contributed by atoms with Crippen LogP contribution in [-0.2, 0) is 10.2 Å². The van der Waals surface area contributed by atoms with E-state index in [-0.39, 0.29) is 11.5 Å². The second kappa shape index (κ2) is 8.02. The molecular weight excluding hydrogens is 288 g/mol. The molecule has 0 N–H and O–H groups in total. The molecule has 0 radical (unpaired) electrons. The Morgan fingerprint density at radius 2 is 1.30 bits per heavy atom. The quantitative estimate of drug-likeness (QED) is 0.755. The van der Waals surface area contributed by atoms with Crippen LogP contribution in [-0.4, -0.2) is 26.4 Å². The molecule has 23 heavy (non-hydrogen) atoms. The Morgan fingerprint density at radius 1 is 0.783 bits per heavy atom. The number of para-hydroxylation sites is 1. The van der Waals surface area contributed by atoms with E-state index in [9.17, 15) is 0 Å². The van der Waals surface area contributed by atoms with E-state index in [1.165, 1.54) is 5.56 Å². The summed E-state index contributed by atoms with van der Waals surface area (Å²) < 4.78 is 16.9. The van der Waals surface area contributed by atoms with E-state index in [0.29, 0.717) is 13.2 Å². The highest BCUT2D eigenvalue weighted by atomic mass is 16.6. The Balaban J connectivity index is 1.83. The fourth-order valence-corrected chi connectivity index (χ4v) is 2.13. The number of hydrogen-bond donors (Lipinski definition) is 0. The SMILES string of the molecule is COC(COc1ccccc1)COc1ccc(C(C)(C)C)cc1. The molecule has 1 unspecified atom stereocenters. The van der Waals surface area contributed by atoms with Crippen molar-refractivity contribution in [1.29, 1.82) is 0 Å². The number of ether oxygens (including phenoxy) is 3. The summed E-state index contributed by atoms with van der Waals surface area (Å²) >= 11 is 0. The van der Waals surface area contributed by atoms with Gasteiger partial charge < -0.3 is 14.2 Å². The second-order valence-corrected chi connectivity index (χ2v) is 6.57. The predicted octanol–water partition coefficient (Wildman–Crippen LogP) is 4.46. The maximum atomic E-state index is 5.81. The lowest BCUT2D eigenvalue weighted by Crippen LogP contribution is -2.27. The molecule has 2 rings (SSSR count). The molecule has 0 aliphatic carbocycles. The van der Waals surface area contributed by atoms with Crippen LogP contribution in [0.2, 0.25) is 0 Å². The molecule has 0 saturated carbocycles. The molecule has 2 aromatic carbocycles. The first-order valence-corrected chi connectivity index (χ1v) is 7.93. The Bertz CT molecular complexity index is 570. The molecule has 0 aliphatic heterocycles. The van der Waals surface area contributed by atoms with E-state index in [0.717, 1.165) is 11.5 Å². The van der Waals surface area contributed by atoms with Crippen LogP contribution in [0.3, 0.4) is 0 Å². The average molecular weight is 314 g/mol. The van der Waals surface area contributed by atoms with Gasteiger partial charge in [-0.25, -0.2) is 0 Å². The van der Waals surface area contributed by atoms with Crippen molar-refractivity contribution < 1.29 is 14.2 Å². The van der Waals surface area contributed by atoms with Crippen molar-refractivity contribution >= 4 is 0 Å². The van der Waals surface area contributed by atoms with Crippen LogP contribution in [0, 0.1) is 0 Å². The topological polar surface area (TPSA) is 27.7 Å². The van der Waals surface area contributed by atoms with Gasteiger partial charge in [0.1, 0.15) is 30.8 Å². The highest BCUT2D eigenvalue weighted by Crippen LogP contribution is 2.24. The Labute approximate surface area is 139 Å². The van der Waals surface area contributed by atoms with Gasteiger partial charge in [0, 0.05) is 7.11 Å². The number of benzene rings is 2. The zero-order chi connectivity index (χ0) is 16.7. The summed E-state index contributed by atoms with van der Waals surface area (Å²) in [6.45, 7) is 7.51. The van der Waals surface area contributed by atoms with Crippen LogP contribution in [0.5, 0.6) is 11.5 Å². The van der Waals surface area contributed by atoms with Crippen molar-refractivity contribution in [1.82, 2.24) is 0 Å². The minimum atomic E-state index is -0.113. The Hall–Kier alpha value is -2.00. The van der Waals surface area contributed by atoms with Gasteiger partial charge >= 0.3 is 0 Å². The zero-order valence-corrected chi connectivity index (χ0v) is 14.4. The molecule has 3 heteroatoms. The van der Waals surface area contributed by atoms with E-state index in [1.54, 1.807) is 7.11 Å². The van der Waals surface area contributed by atoms with Gasteiger partial charge in [-0.05, 0) is 35.2 Å². The van der Waals surface area contributed by atoms with Crippen LogP contribution in [0.1, 0.15) is 26.3 Å². The molecule has 2 aromatic rings. The molecule has 0 fully saturated rings. The lowest BCUT2D eigenvalue weighted by Gasteiger charge is -2.20. The van der Waals surface area contributed by atoms with Gasteiger partial charge in [0.25, 0.3) is 0 Å². The number of methoxy groups -OCH3 is 1. The van der Waals surface area contributed by atoms with Crippen LogP contribution >= 0.6 is 0 Å². The third kappa shape index (κ3) is 5.61. The summed E-state index contributed by atoms with van der Waals surface area (Å²) in [5.74, 6) is 1.68.